The number of hydrogen-bond donors (Lipinski definition) is 1. The molecule has 1 aromatic heterocycles. The van der Waals surface area contributed by atoms with Crippen molar-refractivity contribution in [3.63, 3.8) is 0 Å². The van der Waals surface area contributed by atoms with Crippen LogP contribution >= 0.6 is 34.7 Å². The molecule has 6 heteroatoms. The van der Waals surface area contributed by atoms with Crippen molar-refractivity contribution in [2.24, 2.45) is 0 Å². The molecule has 2 aromatic rings. The van der Waals surface area contributed by atoms with Crippen LogP contribution in [0.15, 0.2) is 30.3 Å². The number of amides is 1. The first-order valence-corrected chi connectivity index (χ1v) is 8.27. The SMILES string of the molecule is Cc1ccc(F)cc1NC(=O)CSCc1ccc(Cl)s1. The van der Waals surface area contributed by atoms with Gasteiger partial charge in [0.15, 0.2) is 0 Å². The second-order valence-electron chi connectivity index (χ2n) is 4.21. The van der Waals surface area contributed by atoms with Gasteiger partial charge in [0.2, 0.25) is 5.91 Å². The summed E-state index contributed by atoms with van der Waals surface area (Å²) in [5, 5.41) is 2.72. The highest BCUT2D eigenvalue weighted by atomic mass is 35.5. The van der Waals surface area contributed by atoms with E-state index >= 15 is 0 Å². The Bertz CT molecular complexity index is 615. The van der Waals surface area contributed by atoms with Gasteiger partial charge in [0.05, 0.1) is 10.1 Å². The van der Waals surface area contributed by atoms with E-state index in [9.17, 15) is 9.18 Å². The highest BCUT2D eigenvalue weighted by molar-refractivity contribution is 7.99. The van der Waals surface area contributed by atoms with Gasteiger partial charge in [0, 0.05) is 16.3 Å². The third-order valence-corrected chi connectivity index (χ3v) is 4.98. The molecule has 0 aliphatic heterocycles. The molecule has 0 radical (unpaired) electrons. The van der Waals surface area contributed by atoms with E-state index in [1.165, 1.54) is 35.2 Å². The maximum atomic E-state index is 13.1. The Balaban J connectivity index is 1.82. The van der Waals surface area contributed by atoms with E-state index in [4.69, 9.17) is 11.6 Å². The predicted molar refractivity (Wildman–Crippen MR) is 85.3 cm³/mol. The first-order chi connectivity index (χ1) is 9.54. The highest BCUT2D eigenvalue weighted by Crippen LogP contribution is 2.25. The summed E-state index contributed by atoms with van der Waals surface area (Å²) in [6.07, 6.45) is 0. The molecule has 0 bridgehead atoms. The van der Waals surface area contributed by atoms with Gasteiger partial charge >= 0.3 is 0 Å². The molecule has 106 valence electrons. The molecule has 0 unspecified atom stereocenters. The van der Waals surface area contributed by atoms with Gasteiger partial charge in [0.25, 0.3) is 0 Å². The molecule has 2 nitrogen and oxygen atoms in total. The van der Waals surface area contributed by atoms with Crippen LogP contribution in [0.1, 0.15) is 10.4 Å². The Hall–Kier alpha value is -1.04. The fraction of sp³-hybridized carbons (Fsp3) is 0.214. The highest BCUT2D eigenvalue weighted by Gasteiger charge is 2.07. The number of nitrogens with one attached hydrogen (secondary N) is 1. The summed E-state index contributed by atoms with van der Waals surface area (Å²) < 4.78 is 13.9. The van der Waals surface area contributed by atoms with Crippen LogP contribution in [-0.2, 0) is 10.5 Å². The molecule has 0 saturated heterocycles. The molecule has 0 aliphatic rings. The average molecular weight is 330 g/mol. The number of anilines is 1. The molecule has 0 aliphatic carbocycles. The molecule has 20 heavy (non-hydrogen) atoms. The largest absolute Gasteiger partial charge is 0.325 e. The molecule has 1 heterocycles. The molecular weight excluding hydrogens is 317 g/mol. The van der Waals surface area contributed by atoms with E-state index in [2.05, 4.69) is 5.32 Å². The summed E-state index contributed by atoms with van der Waals surface area (Å²) in [6.45, 7) is 1.83. The van der Waals surface area contributed by atoms with Gasteiger partial charge in [-0.05, 0) is 36.8 Å². The third-order valence-electron chi connectivity index (χ3n) is 2.58. The molecule has 0 fully saturated rings. The number of rotatable bonds is 5. The fourth-order valence-electron chi connectivity index (χ4n) is 1.59. The number of carbonyl (C=O) groups excluding carboxylic acids is 1. The van der Waals surface area contributed by atoms with Gasteiger partial charge in [-0.15, -0.1) is 23.1 Å². The zero-order valence-corrected chi connectivity index (χ0v) is 13.2. The van der Waals surface area contributed by atoms with Crippen molar-refractivity contribution in [3.8, 4) is 0 Å². The first kappa shape index (κ1) is 15.4. The van der Waals surface area contributed by atoms with Crippen LogP contribution in [-0.4, -0.2) is 11.7 Å². The van der Waals surface area contributed by atoms with Crippen LogP contribution in [0.4, 0.5) is 10.1 Å². The number of aryl methyl sites for hydroxylation is 1. The number of thioether (sulfide) groups is 1. The summed E-state index contributed by atoms with van der Waals surface area (Å²) >= 11 is 8.85. The first-order valence-electron chi connectivity index (χ1n) is 5.92. The van der Waals surface area contributed by atoms with Crippen molar-refractivity contribution in [1.29, 1.82) is 0 Å². The molecule has 0 saturated carbocycles. The maximum Gasteiger partial charge on any atom is 0.234 e. The van der Waals surface area contributed by atoms with Crippen LogP contribution in [0.3, 0.4) is 0 Å². The molecule has 1 N–H and O–H groups in total. The average Bonchev–Trinajstić information content (AvgIpc) is 2.80. The summed E-state index contributed by atoms with van der Waals surface area (Å²) in [5.41, 5.74) is 1.37. The summed E-state index contributed by atoms with van der Waals surface area (Å²) in [7, 11) is 0. The monoisotopic (exact) mass is 329 g/mol. The van der Waals surface area contributed by atoms with E-state index < -0.39 is 0 Å². The number of carbonyl (C=O) groups is 1. The van der Waals surface area contributed by atoms with Crippen LogP contribution in [0.2, 0.25) is 4.34 Å². The van der Waals surface area contributed by atoms with Crippen LogP contribution in [0.25, 0.3) is 0 Å². The Morgan fingerprint density at radius 1 is 1.40 bits per heavy atom. The van der Waals surface area contributed by atoms with Crippen molar-refractivity contribution in [2.75, 3.05) is 11.1 Å². The van der Waals surface area contributed by atoms with Gasteiger partial charge in [-0.2, -0.15) is 0 Å². The van der Waals surface area contributed by atoms with Crippen molar-refractivity contribution >= 4 is 46.3 Å². The Kier molecular flexibility index (Phi) is 5.46. The van der Waals surface area contributed by atoms with Gasteiger partial charge in [-0.25, -0.2) is 4.39 Å². The Labute approximate surface area is 130 Å². The topological polar surface area (TPSA) is 29.1 Å². The van der Waals surface area contributed by atoms with Crippen molar-refractivity contribution in [3.05, 3.63) is 50.9 Å². The Morgan fingerprint density at radius 2 is 2.20 bits per heavy atom. The molecule has 0 atom stereocenters. The van der Waals surface area contributed by atoms with E-state index in [0.717, 1.165) is 20.5 Å². The van der Waals surface area contributed by atoms with Crippen LogP contribution in [0.5, 0.6) is 0 Å². The van der Waals surface area contributed by atoms with Gasteiger partial charge in [-0.3, -0.25) is 4.79 Å². The Morgan fingerprint density at radius 3 is 2.90 bits per heavy atom. The quantitative estimate of drug-likeness (QED) is 0.859. The van der Waals surface area contributed by atoms with Crippen molar-refractivity contribution in [1.82, 2.24) is 0 Å². The molecular formula is C14H13ClFNOS2. The van der Waals surface area contributed by atoms with Crippen molar-refractivity contribution < 1.29 is 9.18 Å². The lowest BCUT2D eigenvalue weighted by Crippen LogP contribution is -2.15. The standard InChI is InChI=1S/C14H13ClFNOS2/c1-9-2-3-10(16)6-12(9)17-14(18)8-19-7-11-4-5-13(15)20-11/h2-6H,7-8H2,1H3,(H,17,18). The minimum atomic E-state index is -0.355. The van der Waals surface area contributed by atoms with Crippen LogP contribution < -0.4 is 5.32 Å². The normalized spacial score (nSPS) is 10.6. The van der Waals surface area contributed by atoms with Gasteiger partial charge in [0.1, 0.15) is 5.82 Å². The van der Waals surface area contributed by atoms with Crippen molar-refractivity contribution in [2.45, 2.75) is 12.7 Å². The van der Waals surface area contributed by atoms with E-state index in [0.29, 0.717) is 11.4 Å². The van der Waals surface area contributed by atoms with Gasteiger partial charge < -0.3 is 5.32 Å². The molecule has 1 amide bonds. The lowest BCUT2D eigenvalue weighted by atomic mass is 10.2. The summed E-state index contributed by atoms with van der Waals surface area (Å²) in [6, 6.07) is 8.15. The zero-order chi connectivity index (χ0) is 14.5. The minimum Gasteiger partial charge on any atom is -0.325 e. The zero-order valence-electron chi connectivity index (χ0n) is 10.8. The maximum absolute atomic E-state index is 13.1. The van der Waals surface area contributed by atoms with Crippen LogP contribution in [0, 0.1) is 12.7 Å². The number of hydrogen-bond acceptors (Lipinski definition) is 3. The number of halogens is 2. The second-order valence-corrected chi connectivity index (χ2v) is 6.99. The number of thiophene rings is 1. The molecule has 1 aromatic carbocycles. The predicted octanol–water partition coefficient (Wildman–Crippen LogP) is 4.72. The minimum absolute atomic E-state index is 0.133. The van der Waals surface area contributed by atoms with E-state index in [1.807, 2.05) is 19.1 Å². The third kappa shape index (κ3) is 4.51. The lowest BCUT2D eigenvalue weighted by Gasteiger charge is -2.08. The molecule has 2 rings (SSSR count). The van der Waals surface area contributed by atoms with Gasteiger partial charge in [-0.1, -0.05) is 17.7 Å². The van der Waals surface area contributed by atoms with E-state index in [-0.39, 0.29) is 11.7 Å². The summed E-state index contributed by atoms with van der Waals surface area (Å²) in [5.74, 6) is 0.580. The fourth-order valence-corrected chi connectivity index (χ4v) is 3.61. The lowest BCUT2D eigenvalue weighted by molar-refractivity contribution is -0.113. The second kappa shape index (κ2) is 7.11. The number of benzene rings is 1. The summed E-state index contributed by atoms with van der Waals surface area (Å²) in [4.78, 5) is 12.9. The van der Waals surface area contributed by atoms with E-state index in [1.54, 1.807) is 6.07 Å². The smallest absolute Gasteiger partial charge is 0.234 e. The molecule has 0 spiro atoms.